The molecule has 5 rings (SSSR count). The fraction of sp³-hybridized carbons (Fsp3) is 0.225. The van der Waals surface area contributed by atoms with Crippen LogP contribution in [0.25, 0.3) is 0 Å². The van der Waals surface area contributed by atoms with Crippen LogP contribution in [-0.4, -0.2) is 57.2 Å². The number of aliphatic hydroxyl groups is 1. The number of ketones is 1. The second-order valence-corrected chi connectivity index (χ2v) is 15.8. The van der Waals surface area contributed by atoms with Crippen molar-refractivity contribution in [1.82, 2.24) is 10.4 Å². The molecule has 3 atom stereocenters. The first-order chi connectivity index (χ1) is 23.6. The second kappa shape index (κ2) is 15.5. The molecule has 0 bridgehead atoms. The van der Waals surface area contributed by atoms with Crippen LogP contribution in [-0.2, 0) is 14.4 Å². The van der Waals surface area contributed by atoms with E-state index in [9.17, 15) is 24.3 Å². The SMILES string of the molecule is C=CCC(C(=O)ON1C(=O)[C@H]([C@@H](C)O)[C@H]1CC(=O)c1cccc(C(=O)NC(C)C)c1)=P(c1ccccc1)(c1ccccc1)c1ccccc1. The number of aliphatic hydroxyl groups excluding tert-OH is 1. The number of nitrogens with one attached hydrogen (secondary N) is 1. The van der Waals surface area contributed by atoms with Crippen LogP contribution >= 0.6 is 6.89 Å². The summed E-state index contributed by atoms with van der Waals surface area (Å²) in [6, 6.07) is 34.7. The summed E-state index contributed by atoms with van der Waals surface area (Å²) in [5.41, 5.74) is 0.596. The standard InChI is InChI=1S/C40H41N2O6P/c1-5-16-36(49(31-19-9-6-10-20-31,32-21-11-7-12-22-32)33-23-13-8-14-24-33)40(47)48-42-34(37(28(4)43)39(42)46)26-35(44)29-17-15-18-30(25-29)38(45)41-27(2)3/h5-15,17-25,27-28,34,37,43H,1,16,26H2,2-4H3,(H,41,45)/t28-,34-,37-/m1/s1. The zero-order chi connectivity index (χ0) is 35.1. The average Bonchev–Trinajstić information content (AvgIpc) is 3.11. The monoisotopic (exact) mass is 676 g/mol. The summed E-state index contributed by atoms with van der Waals surface area (Å²) in [5, 5.41) is 17.5. The molecular formula is C40H41N2O6P. The predicted octanol–water partition coefficient (Wildman–Crippen LogP) is 4.81. The van der Waals surface area contributed by atoms with Gasteiger partial charge in [0, 0.05) is 23.6 Å². The minimum Gasteiger partial charge on any atom is -0.393 e. The zero-order valence-electron chi connectivity index (χ0n) is 27.9. The maximum absolute atomic E-state index is 14.6. The highest BCUT2D eigenvalue weighted by atomic mass is 31.2. The van der Waals surface area contributed by atoms with Crippen LogP contribution < -0.4 is 21.2 Å². The van der Waals surface area contributed by atoms with E-state index in [0.717, 1.165) is 21.0 Å². The number of carbonyl (C=O) groups is 4. The van der Waals surface area contributed by atoms with Gasteiger partial charge >= 0.3 is 5.97 Å². The topological polar surface area (TPSA) is 113 Å². The Morgan fingerprint density at radius 2 is 1.35 bits per heavy atom. The molecule has 4 aromatic carbocycles. The van der Waals surface area contributed by atoms with Gasteiger partial charge in [-0.15, -0.1) is 6.58 Å². The van der Waals surface area contributed by atoms with E-state index in [4.69, 9.17) is 4.84 Å². The molecule has 2 N–H and O–H groups in total. The van der Waals surface area contributed by atoms with Gasteiger partial charge in [-0.25, -0.2) is 4.79 Å². The van der Waals surface area contributed by atoms with Crippen molar-refractivity contribution < 1.29 is 29.1 Å². The number of allylic oxidation sites excluding steroid dienone is 1. The molecule has 1 fully saturated rings. The minimum atomic E-state index is -2.87. The van der Waals surface area contributed by atoms with E-state index in [-0.39, 0.29) is 36.1 Å². The summed E-state index contributed by atoms with van der Waals surface area (Å²) < 4.78 is 0. The van der Waals surface area contributed by atoms with Crippen molar-refractivity contribution in [2.75, 3.05) is 0 Å². The lowest BCUT2D eigenvalue weighted by Gasteiger charge is -2.46. The molecule has 0 saturated carbocycles. The Morgan fingerprint density at radius 3 is 1.82 bits per heavy atom. The van der Waals surface area contributed by atoms with E-state index in [1.165, 1.54) is 13.0 Å². The highest BCUT2D eigenvalue weighted by Gasteiger charge is 2.53. The maximum Gasteiger partial charge on any atom is 0.360 e. The highest BCUT2D eigenvalue weighted by Crippen LogP contribution is 2.47. The van der Waals surface area contributed by atoms with Crippen LogP contribution in [0.1, 0.15) is 54.3 Å². The van der Waals surface area contributed by atoms with Gasteiger partial charge in [0.1, 0.15) is 0 Å². The van der Waals surface area contributed by atoms with Crippen molar-refractivity contribution in [2.45, 2.75) is 51.8 Å². The van der Waals surface area contributed by atoms with Crippen molar-refractivity contribution in [2.24, 2.45) is 5.92 Å². The molecule has 1 saturated heterocycles. The molecule has 0 aliphatic carbocycles. The molecule has 9 heteroatoms. The Morgan fingerprint density at radius 1 is 0.837 bits per heavy atom. The van der Waals surface area contributed by atoms with E-state index < -0.39 is 36.8 Å². The quantitative estimate of drug-likeness (QED) is 0.0911. The second-order valence-electron chi connectivity index (χ2n) is 12.3. The van der Waals surface area contributed by atoms with Gasteiger partial charge < -0.3 is 15.3 Å². The summed E-state index contributed by atoms with van der Waals surface area (Å²) in [6.07, 6.45) is 0.503. The first-order valence-electron chi connectivity index (χ1n) is 16.3. The van der Waals surface area contributed by atoms with Crippen LogP contribution in [0.15, 0.2) is 128 Å². The molecule has 2 amide bonds. The largest absolute Gasteiger partial charge is 0.393 e. The zero-order valence-corrected chi connectivity index (χ0v) is 28.8. The minimum absolute atomic E-state index is 0.0856. The highest BCUT2D eigenvalue weighted by molar-refractivity contribution is 7.96. The number of Topliss-reactive ketones (excluding diaryl/α,β-unsaturated/α-hetero) is 1. The third-order valence-electron chi connectivity index (χ3n) is 8.59. The lowest BCUT2D eigenvalue weighted by Crippen LogP contribution is -2.65. The molecule has 1 aliphatic heterocycles. The number of rotatable bonds is 13. The number of hydroxylamine groups is 2. The average molecular weight is 677 g/mol. The van der Waals surface area contributed by atoms with Gasteiger partial charge in [0.05, 0.1) is 23.4 Å². The summed E-state index contributed by atoms with van der Waals surface area (Å²) in [6.45, 7) is 6.25. The lowest BCUT2D eigenvalue weighted by molar-refractivity contribution is -0.240. The number of hydrogen-bond acceptors (Lipinski definition) is 6. The molecule has 1 aliphatic rings. The van der Waals surface area contributed by atoms with Gasteiger partial charge in [-0.1, -0.05) is 109 Å². The molecule has 1 heterocycles. The Labute approximate surface area is 287 Å². The first-order valence-corrected chi connectivity index (χ1v) is 18.1. The molecule has 0 spiro atoms. The molecule has 252 valence electrons. The van der Waals surface area contributed by atoms with Crippen LogP contribution in [0.3, 0.4) is 0 Å². The van der Waals surface area contributed by atoms with Gasteiger partial charge in [-0.05, 0) is 62.1 Å². The Kier molecular flexibility index (Phi) is 11.1. The molecule has 0 aromatic heterocycles. The smallest absolute Gasteiger partial charge is 0.360 e. The normalized spacial score (nSPS) is 16.3. The number of nitrogens with zero attached hydrogens (tertiary/aromatic N) is 1. The molecule has 0 radical (unpaired) electrons. The van der Waals surface area contributed by atoms with Gasteiger partial charge in [-0.3, -0.25) is 14.4 Å². The van der Waals surface area contributed by atoms with Crippen molar-refractivity contribution in [1.29, 1.82) is 0 Å². The van der Waals surface area contributed by atoms with Gasteiger partial charge in [0.15, 0.2) is 5.78 Å². The van der Waals surface area contributed by atoms with E-state index in [2.05, 4.69) is 11.9 Å². The van der Waals surface area contributed by atoms with Gasteiger partial charge in [0.2, 0.25) is 0 Å². The molecular weight excluding hydrogens is 635 g/mol. The molecule has 49 heavy (non-hydrogen) atoms. The van der Waals surface area contributed by atoms with E-state index in [1.807, 2.05) is 105 Å². The van der Waals surface area contributed by atoms with Crippen LogP contribution in [0, 0.1) is 5.92 Å². The number of amides is 2. The summed E-state index contributed by atoms with van der Waals surface area (Å²) in [4.78, 5) is 60.2. The number of benzene rings is 4. The predicted molar refractivity (Wildman–Crippen MR) is 195 cm³/mol. The van der Waals surface area contributed by atoms with E-state index in [0.29, 0.717) is 10.9 Å². The maximum atomic E-state index is 14.6. The fourth-order valence-electron chi connectivity index (χ4n) is 6.38. The molecule has 8 nitrogen and oxygen atoms in total. The molecule has 4 aromatic rings. The first kappa shape index (κ1) is 35.3. The van der Waals surface area contributed by atoms with Crippen LogP contribution in [0.2, 0.25) is 0 Å². The Balaban J connectivity index is 1.57. The Hall–Kier alpha value is -5.04. The van der Waals surface area contributed by atoms with Crippen LogP contribution in [0.5, 0.6) is 0 Å². The summed E-state index contributed by atoms with van der Waals surface area (Å²) in [5.74, 6) is -2.94. The summed E-state index contributed by atoms with van der Waals surface area (Å²) >= 11 is 0. The third kappa shape index (κ3) is 7.21. The number of hydrogen-bond donors (Lipinski definition) is 2. The van der Waals surface area contributed by atoms with Crippen molar-refractivity contribution >= 4 is 51.7 Å². The van der Waals surface area contributed by atoms with Gasteiger partial charge in [-0.2, -0.15) is 5.06 Å². The van der Waals surface area contributed by atoms with Gasteiger partial charge in [0.25, 0.3) is 11.8 Å². The van der Waals surface area contributed by atoms with E-state index in [1.54, 1.807) is 24.3 Å². The van der Waals surface area contributed by atoms with E-state index >= 15 is 0 Å². The number of β-lactam (4-membered cyclic amide) rings is 1. The fourth-order valence-corrected chi connectivity index (χ4v) is 10.8. The lowest BCUT2D eigenvalue weighted by atomic mass is 9.81. The Bertz CT molecular complexity index is 1790. The van der Waals surface area contributed by atoms with Crippen molar-refractivity contribution in [3.63, 3.8) is 0 Å². The number of carbonyl (C=O) groups excluding carboxylic acids is 4. The van der Waals surface area contributed by atoms with Crippen LogP contribution in [0.4, 0.5) is 0 Å². The van der Waals surface area contributed by atoms with Crippen molar-refractivity contribution in [3.8, 4) is 0 Å². The third-order valence-corrected chi connectivity index (χ3v) is 13.0. The van der Waals surface area contributed by atoms with Crippen molar-refractivity contribution in [3.05, 3.63) is 139 Å². The molecule has 0 unspecified atom stereocenters. The summed E-state index contributed by atoms with van der Waals surface area (Å²) in [7, 11) is 0.